The lowest BCUT2D eigenvalue weighted by molar-refractivity contribution is -0.384. The molecule has 0 radical (unpaired) electrons. The highest BCUT2D eigenvalue weighted by atomic mass is 16.6. The molecule has 122 valence electrons. The van der Waals surface area contributed by atoms with Crippen LogP contribution in [-0.4, -0.2) is 22.7 Å². The summed E-state index contributed by atoms with van der Waals surface area (Å²) in [5.74, 6) is -1.18. The number of amides is 1. The summed E-state index contributed by atoms with van der Waals surface area (Å²) >= 11 is 0. The monoisotopic (exact) mass is 326 g/mol. The van der Waals surface area contributed by atoms with Crippen molar-refractivity contribution in [2.45, 2.75) is 13.0 Å². The average molecular weight is 326 g/mol. The lowest BCUT2D eigenvalue weighted by Crippen LogP contribution is -2.31. The Morgan fingerprint density at radius 3 is 2.33 bits per heavy atom. The number of rotatable bonds is 6. The second-order valence-electron chi connectivity index (χ2n) is 4.83. The molecule has 8 heteroatoms. The molecule has 0 heterocycles. The van der Waals surface area contributed by atoms with Crippen molar-refractivity contribution in [1.29, 1.82) is 0 Å². The second-order valence-corrected chi connectivity index (χ2v) is 4.83. The first kappa shape index (κ1) is 16.9. The lowest BCUT2D eigenvalue weighted by Gasteiger charge is -2.09. The zero-order chi connectivity index (χ0) is 17.5. The Balaban J connectivity index is 2.21. The van der Waals surface area contributed by atoms with Crippen LogP contribution in [0.1, 0.15) is 6.92 Å². The Morgan fingerprint density at radius 1 is 1.08 bits per heavy atom. The quantitative estimate of drug-likeness (QED) is 0.379. The van der Waals surface area contributed by atoms with Crippen LogP contribution in [0.2, 0.25) is 0 Å². The van der Waals surface area contributed by atoms with Crippen LogP contribution in [-0.2, 0) is 9.59 Å². The van der Waals surface area contributed by atoms with Crippen LogP contribution in [0.5, 0.6) is 0 Å². The number of hydrogen-bond acceptors (Lipinski definition) is 6. The molecular formula is C16H14N4O4. The van der Waals surface area contributed by atoms with E-state index in [9.17, 15) is 19.7 Å². The van der Waals surface area contributed by atoms with Crippen LogP contribution < -0.4 is 5.32 Å². The Bertz CT molecular complexity index is 790. The summed E-state index contributed by atoms with van der Waals surface area (Å²) in [6.45, 7) is 1.20. The second kappa shape index (κ2) is 7.73. The van der Waals surface area contributed by atoms with Crippen molar-refractivity contribution in [2.24, 2.45) is 10.2 Å². The number of carbonyl (C=O) groups excluding carboxylic acids is 2. The van der Waals surface area contributed by atoms with E-state index in [2.05, 4.69) is 15.5 Å². The molecule has 0 aromatic heterocycles. The summed E-state index contributed by atoms with van der Waals surface area (Å²) in [5.41, 5.74) is 0.225. The first-order valence-electron chi connectivity index (χ1n) is 6.99. The van der Waals surface area contributed by atoms with Gasteiger partial charge in [0.1, 0.15) is 0 Å². The summed E-state index contributed by atoms with van der Waals surface area (Å²) in [5, 5.41) is 20.9. The zero-order valence-corrected chi connectivity index (χ0v) is 12.7. The van der Waals surface area contributed by atoms with E-state index in [0.717, 1.165) is 0 Å². The number of nitro groups is 1. The van der Waals surface area contributed by atoms with Gasteiger partial charge >= 0.3 is 0 Å². The van der Waals surface area contributed by atoms with Crippen LogP contribution in [0.3, 0.4) is 0 Å². The molecule has 2 rings (SSSR count). The van der Waals surface area contributed by atoms with Crippen LogP contribution in [0.25, 0.3) is 0 Å². The fourth-order valence-corrected chi connectivity index (χ4v) is 1.87. The molecule has 0 saturated carbocycles. The number of anilines is 1. The van der Waals surface area contributed by atoms with Crippen LogP contribution in [0.15, 0.2) is 64.8 Å². The van der Waals surface area contributed by atoms with E-state index in [1.165, 1.54) is 25.1 Å². The number of nitrogens with one attached hydrogen (secondary N) is 1. The lowest BCUT2D eigenvalue weighted by atomic mass is 10.2. The molecule has 0 fully saturated rings. The molecular weight excluding hydrogens is 312 g/mol. The molecule has 24 heavy (non-hydrogen) atoms. The summed E-state index contributed by atoms with van der Waals surface area (Å²) in [7, 11) is 0. The van der Waals surface area contributed by atoms with E-state index in [4.69, 9.17) is 0 Å². The zero-order valence-electron chi connectivity index (χ0n) is 12.7. The molecule has 1 atom stereocenters. The third kappa shape index (κ3) is 4.29. The first-order valence-corrected chi connectivity index (χ1v) is 6.99. The van der Waals surface area contributed by atoms with Crippen molar-refractivity contribution in [3.8, 4) is 0 Å². The molecule has 0 aliphatic rings. The molecule has 2 aromatic carbocycles. The largest absolute Gasteiger partial charge is 0.324 e. The minimum Gasteiger partial charge on any atom is -0.324 e. The number of nitrogens with zero attached hydrogens (tertiary/aromatic N) is 3. The summed E-state index contributed by atoms with van der Waals surface area (Å²) in [4.78, 5) is 34.2. The maximum Gasteiger partial charge on any atom is 0.296 e. The van der Waals surface area contributed by atoms with Crippen LogP contribution >= 0.6 is 0 Å². The van der Waals surface area contributed by atoms with E-state index in [1.807, 2.05) is 0 Å². The molecule has 0 spiro atoms. The minimum atomic E-state index is -1.38. The number of hydrogen-bond donors (Lipinski definition) is 1. The van der Waals surface area contributed by atoms with Gasteiger partial charge in [0.15, 0.2) is 11.5 Å². The summed E-state index contributed by atoms with van der Waals surface area (Å²) < 4.78 is 0. The molecule has 1 unspecified atom stereocenters. The fourth-order valence-electron chi connectivity index (χ4n) is 1.87. The van der Waals surface area contributed by atoms with Gasteiger partial charge in [0.05, 0.1) is 4.92 Å². The average Bonchev–Trinajstić information content (AvgIpc) is 2.56. The normalized spacial score (nSPS) is 11.9. The smallest absolute Gasteiger partial charge is 0.296 e. The van der Waals surface area contributed by atoms with Gasteiger partial charge in [0.25, 0.3) is 11.6 Å². The van der Waals surface area contributed by atoms with E-state index in [0.29, 0.717) is 5.69 Å². The Hall–Kier alpha value is -3.42. The van der Waals surface area contributed by atoms with Crippen LogP contribution in [0.4, 0.5) is 17.1 Å². The molecule has 1 N–H and O–H groups in total. The highest BCUT2D eigenvalue weighted by molar-refractivity contribution is 6.10. The van der Waals surface area contributed by atoms with Gasteiger partial charge in [0.2, 0.25) is 6.04 Å². The van der Waals surface area contributed by atoms with Gasteiger partial charge in [-0.3, -0.25) is 19.7 Å². The number of azo groups is 1. The van der Waals surface area contributed by atoms with E-state index >= 15 is 0 Å². The molecule has 8 nitrogen and oxygen atoms in total. The van der Waals surface area contributed by atoms with Gasteiger partial charge in [-0.25, -0.2) is 0 Å². The number of para-hydroxylation sites is 2. The van der Waals surface area contributed by atoms with E-state index in [-0.39, 0.29) is 11.4 Å². The van der Waals surface area contributed by atoms with Gasteiger partial charge in [-0.1, -0.05) is 30.3 Å². The predicted octanol–water partition coefficient (Wildman–Crippen LogP) is 3.27. The highest BCUT2D eigenvalue weighted by Gasteiger charge is 2.23. The third-order valence-corrected chi connectivity index (χ3v) is 3.03. The summed E-state index contributed by atoms with van der Waals surface area (Å²) in [6, 6.07) is 12.9. The summed E-state index contributed by atoms with van der Waals surface area (Å²) in [6.07, 6.45) is 0. The topological polar surface area (TPSA) is 114 Å². The van der Waals surface area contributed by atoms with Gasteiger partial charge in [-0.15, -0.1) is 5.11 Å². The third-order valence-electron chi connectivity index (χ3n) is 3.03. The van der Waals surface area contributed by atoms with Crippen molar-refractivity contribution >= 4 is 28.8 Å². The molecule has 2 aromatic rings. The van der Waals surface area contributed by atoms with Gasteiger partial charge < -0.3 is 5.32 Å². The number of nitro benzene ring substituents is 1. The number of Topliss-reactive ketones (excluding diaryl/α,β-unsaturated/α-hetero) is 1. The van der Waals surface area contributed by atoms with Crippen LogP contribution in [0, 0.1) is 10.1 Å². The molecule has 0 aliphatic carbocycles. The Kier molecular flexibility index (Phi) is 5.45. The molecule has 0 bridgehead atoms. The minimum absolute atomic E-state index is 0.0266. The van der Waals surface area contributed by atoms with E-state index < -0.39 is 22.7 Å². The maximum atomic E-state index is 12.2. The number of carbonyl (C=O) groups is 2. The standard InChI is InChI=1S/C16H14N4O4/c1-11(21)15(16(22)17-12-7-3-2-4-8-12)19-18-13-9-5-6-10-14(13)20(23)24/h2-10,15H,1H3,(H,17,22)/b19-18+. The SMILES string of the molecule is CC(=O)C(/N=N/c1ccccc1[N+](=O)[O-])C(=O)Nc1ccccc1. The fraction of sp³-hybridized carbons (Fsp3) is 0.125. The van der Waals surface area contributed by atoms with E-state index in [1.54, 1.807) is 36.4 Å². The van der Waals surface area contributed by atoms with Gasteiger partial charge in [-0.2, -0.15) is 5.11 Å². The van der Waals surface area contributed by atoms with Crippen molar-refractivity contribution < 1.29 is 14.5 Å². The predicted molar refractivity (Wildman–Crippen MR) is 87.2 cm³/mol. The Labute approximate surface area is 137 Å². The van der Waals surface area contributed by atoms with Crippen molar-refractivity contribution in [2.75, 3.05) is 5.32 Å². The van der Waals surface area contributed by atoms with Crippen molar-refractivity contribution in [3.05, 3.63) is 64.7 Å². The van der Waals surface area contributed by atoms with Gasteiger partial charge in [0, 0.05) is 11.8 Å². The van der Waals surface area contributed by atoms with Crippen molar-refractivity contribution in [1.82, 2.24) is 0 Å². The Morgan fingerprint density at radius 2 is 1.71 bits per heavy atom. The first-order chi connectivity index (χ1) is 11.5. The number of ketones is 1. The van der Waals surface area contributed by atoms with Gasteiger partial charge in [-0.05, 0) is 25.1 Å². The maximum absolute atomic E-state index is 12.2. The molecule has 1 amide bonds. The number of benzene rings is 2. The molecule has 0 aliphatic heterocycles. The molecule has 0 saturated heterocycles. The highest BCUT2D eigenvalue weighted by Crippen LogP contribution is 2.26. The van der Waals surface area contributed by atoms with Crippen molar-refractivity contribution in [3.63, 3.8) is 0 Å².